The van der Waals surface area contributed by atoms with Crippen molar-refractivity contribution in [2.75, 3.05) is 13.2 Å². The van der Waals surface area contributed by atoms with Crippen molar-refractivity contribution in [3.63, 3.8) is 0 Å². The van der Waals surface area contributed by atoms with Crippen LogP contribution in [0.4, 0.5) is 4.79 Å². The van der Waals surface area contributed by atoms with E-state index in [0.29, 0.717) is 6.42 Å². The lowest BCUT2D eigenvalue weighted by Crippen LogP contribution is -2.49. The van der Waals surface area contributed by atoms with E-state index in [2.05, 4.69) is 10.6 Å². The summed E-state index contributed by atoms with van der Waals surface area (Å²) in [6, 6.07) is 15.1. The fourth-order valence-electron chi connectivity index (χ4n) is 3.89. The highest BCUT2D eigenvalue weighted by Crippen LogP contribution is 2.44. The minimum absolute atomic E-state index is 0.0871. The van der Waals surface area contributed by atoms with Gasteiger partial charge in [-0.05, 0) is 34.6 Å². The van der Waals surface area contributed by atoms with Gasteiger partial charge in [-0.3, -0.25) is 4.79 Å². The zero-order valence-electron chi connectivity index (χ0n) is 18.1. The third-order valence-electron chi connectivity index (χ3n) is 5.41. The van der Waals surface area contributed by atoms with Gasteiger partial charge in [0.15, 0.2) is 6.10 Å². The van der Waals surface area contributed by atoms with Crippen molar-refractivity contribution in [3.8, 4) is 11.1 Å². The van der Waals surface area contributed by atoms with Crippen LogP contribution >= 0.6 is 0 Å². The van der Waals surface area contributed by atoms with E-state index in [-0.39, 0.29) is 18.4 Å². The largest absolute Gasteiger partial charge is 0.479 e. The van der Waals surface area contributed by atoms with Gasteiger partial charge in [-0.15, -0.1) is 0 Å². The van der Waals surface area contributed by atoms with E-state index in [4.69, 9.17) is 9.84 Å². The summed E-state index contributed by atoms with van der Waals surface area (Å²) in [5, 5.41) is 23.0. The summed E-state index contributed by atoms with van der Waals surface area (Å²) in [6.07, 6.45) is -2.11. The fourth-order valence-corrected chi connectivity index (χ4v) is 3.89. The maximum absolute atomic E-state index is 12.5. The lowest BCUT2D eigenvalue weighted by molar-refractivity contribution is -0.146. The number of hydrogen-bond donors (Lipinski definition) is 4. The van der Waals surface area contributed by atoms with Crippen molar-refractivity contribution in [1.29, 1.82) is 0 Å². The molecule has 0 saturated heterocycles. The molecule has 0 aromatic heterocycles. The molecule has 0 radical (unpaired) electrons. The van der Waals surface area contributed by atoms with Gasteiger partial charge in [0.1, 0.15) is 12.6 Å². The maximum atomic E-state index is 12.5. The summed E-state index contributed by atoms with van der Waals surface area (Å²) in [6.45, 7) is 3.46. The Hall–Kier alpha value is -3.39. The third-order valence-corrected chi connectivity index (χ3v) is 5.41. The zero-order valence-corrected chi connectivity index (χ0v) is 18.1. The van der Waals surface area contributed by atoms with Crippen LogP contribution in [0.3, 0.4) is 0 Å². The molecule has 0 bridgehead atoms. The SMILES string of the molecule is CC(C)C[C@H](NC(=O)OCC1c2ccccc2-c2ccccc21)C(=O)NC[C@H](O)C(=O)O. The number of carboxylic acids is 1. The van der Waals surface area contributed by atoms with Gasteiger partial charge in [0.05, 0.1) is 6.54 Å². The molecular formula is C24H28N2O6. The molecule has 2 aromatic rings. The van der Waals surface area contributed by atoms with Crippen LogP contribution in [0, 0.1) is 5.92 Å². The van der Waals surface area contributed by atoms with Crippen molar-refractivity contribution in [2.24, 2.45) is 5.92 Å². The quantitative estimate of drug-likeness (QED) is 0.475. The van der Waals surface area contributed by atoms with E-state index < -0.39 is 36.7 Å². The number of benzene rings is 2. The number of amides is 2. The van der Waals surface area contributed by atoms with Crippen LogP contribution < -0.4 is 10.6 Å². The Kier molecular flexibility index (Phi) is 7.48. The lowest BCUT2D eigenvalue weighted by Gasteiger charge is -2.21. The molecule has 0 saturated carbocycles. The van der Waals surface area contributed by atoms with Crippen LogP contribution in [-0.2, 0) is 14.3 Å². The van der Waals surface area contributed by atoms with Crippen molar-refractivity contribution >= 4 is 18.0 Å². The number of aliphatic carboxylic acids is 1. The molecule has 0 fully saturated rings. The fraction of sp³-hybridized carbons (Fsp3) is 0.375. The van der Waals surface area contributed by atoms with Gasteiger partial charge in [0.2, 0.25) is 5.91 Å². The standard InChI is InChI=1S/C24H28N2O6/c1-14(2)11-20(22(28)25-12-21(27)23(29)30)26-24(31)32-13-19-17-9-5-3-7-15(17)16-8-4-6-10-18(16)19/h3-10,14,19-21,27H,11-13H2,1-2H3,(H,25,28)(H,26,31)(H,29,30)/t20-,21-/m0/s1. The summed E-state index contributed by atoms with van der Waals surface area (Å²) >= 11 is 0. The van der Waals surface area contributed by atoms with Crippen LogP contribution in [0.5, 0.6) is 0 Å². The second-order valence-corrected chi connectivity index (χ2v) is 8.25. The third kappa shape index (κ3) is 5.45. The molecule has 4 N–H and O–H groups in total. The Morgan fingerprint density at radius 1 is 1.00 bits per heavy atom. The number of carbonyl (C=O) groups is 3. The average molecular weight is 440 g/mol. The summed E-state index contributed by atoms with van der Waals surface area (Å²) in [5.74, 6) is -2.03. The summed E-state index contributed by atoms with van der Waals surface area (Å²) in [5.41, 5.74) is 4.40. The Labute approximate surface area is 186 Å². The molecule has 32 heavy (non-hydrogen) atoms. The Morgan fingerprint density at radius 3 is 2.09 bits per heavy atom. The number of nitrogens with one attached hydrogen (secondary N) is 2. The van der Waals surface area contributed by atoms with Crippen LogP contribution in [0.1, 0.15) is 37.3 Å². The molecule has 2 atom stereocenters. The molecule has 0 unspecified atom stereocenters. The Morgan fingerprint density at radius 2 is 1.56 bits per heavy atom. The van der Waals surface area contributed by atoms with Crippen molar-refractivity contribution in [1.82, 2.24) is 10.6 Å². The summed E-state index contributed by atoms with van der Waals surface area (Å²) in [4.78, 5) is 35.7. The lowest BCUT2D eigenvalue weighted by atomic mass is 9.98. The first-order valence-electron chi connectivity index (χ1n) is 10.6. The van der Waals surface area contributed by atoms with E-state index >= 15 is 0 Å². The van der Waals surface area contributed by atoms with Crippen LogP contribution in [0.25, 0.3) is 11.1 Å². The number of carboxylic acid groups (broad SMARTS) is 1. The molecule has 2 aromatic carbocycles. The zero-order chi connectivity index (χ0) is 23.3. The summed E-state index contributed by atoms with van der Waals surface area (Å²) in [7, 11) is 0. The highest BCUT2D eigenvalue weighted by Gasteiger charge is 2.30. The average Bonchev–Trinajstić information content (AvgIpc) is 3.08. The van der Waals surface area contributed by atoms with Crippen molar-refractivity contribution in [3.05, 3.63) is 59.7 Å². The van der Waals surface area contributed by atoms with Gasteiger partial charge in [0.25, 0.3) is 0 Å². The number of aliphatic hydroxyl groups is 1. The molecular weight excluding hydrogens is 412 g/mol. The van der Waals surface area contributed by atoms with Gasteiger partial charge >= 0.3 is 12.1 Å². The van der Waals surface area contributed by atoms with E-state index in [9.17, 15) is 19.5 Å². The van der Waals surface area contributed by atoms with Gasteiger partial charge in [-0.2, -0.15) is 0 Å². The van der Waals surface area contributed by atoms with Gasteiger partial charge in [0, 0.05) is 5.92 Å². The maximum Gasteiger partial charge on any atom is 0.407 e. The Bertz CT molecular complexity index is 944. The second-order valence-electron chi connectivity index (χ2n) is 8.25. The predicted molar refractivity (Wildman–Crippen MR) is 118 cm³/mol. The molecule has 1 aliphatic rings. The van der Waals surface area contributed by atoms with E-state index in [0.717, 1.165) is 22.3 Å². The first-order valence-corrected chi connectivity index (χ1v) is 10.6. The highest BCUT2D eigenvalue weighted by molar-refractivity contribution is 5.86. The molecule has 8 nitrogen and oxygen atoms in total. The number of fused-ring (bicyclic) bond motifs is 3. The monoisotopic (exact) mass is 440 g/mol. The van der Waals surface area contributed by atoms with Crippen LogP contribution in [0.15, 0.2) is 48.5 Å². The van der Waals surface area contributed by atoms with E-state index in [1.807, 2.05) is 62.4 Å². The number of hydrogen-bond acceptors (Lipinski definition) is 5. The van der Waals surface area contributed by atoms with Crippen LogP contribution in [0.2, 0.25) is 0 Å². The smallest absolute Gasteiger partial charge is 0.407 e. The Balaban J connectivity index is 1.63. The molecule has 8 heteroatoms. The van der Waals surface area contributed by atoms with Gasteiger partial charge in [-0.25, -0.2) is 9.59 Å². The number of aliphatic hydroxyl groups excluding tert-OH is 1. The minimum Gasteiger partial charge on any atom is -0.479 e. The number of alkyl carbamates (subject to hydrolysis) is 1. The number of ether oxygens (including phenoxy) is 1. The van der Waals surface area contributed by atoms with Crippen LogP contribution in [-0.4, -0.2) is 53.5 Å². The topological polar surface area (TPSA) is 125 Å². The normalized spacial score (nSPS) is 14.2. The first kappa shape index (κ1) is 23.3. The molecule has 3 rings (SSSR count). The van der Waals surface area contributed by atoms with E-state index in [1.54, 1.807) is 0 Å². The number of rotatable bonds is 9. The number of carbonyl (C=O) groups excluding carboxylic acids is 2. The van der Waals surface area contributed by atoms with Gasteiger partial charge < -0.3 is 25.6 Å². The molecule has 0 heterocycles. The predicted octanol–water partition coefficient (Wildman–Crippen LogP) is 2.50. The van der Waals surface area contributed by atoms with Crippen molar-refractivity contribution in [2.45, 2.75) is 38.3 Å². The molecule has 170 valence electrons. The first-order chi connectivity index (χ1) is 15.3. The van der Waals surface area contributed by atoms with Crippen molar-refractivity contribution < 1.29 is 29.3 Å². The molecule has 1 aliphatic carbocycles. The second kappa shape index (κ2) is 10.3. The minimum atomic E-state index is -1.71. The van der Waals surface area contributed by atoms with Gasteiger partial charge in [-0.1, -0.05) is 62.4 Å². The summed E-state index contributed by atoms with van der Waals surface area (Å²) < 4.78 is 5.49. The molecule has 0 spiro atoms. The molecule has 2 amide bonds. The van der Waals surface area contributed by atoms with E-state index in [1.165, 1.54) is 0 Å². The molecule has 0 aliphatic heterocycles. The highest BCUT2D eigenvalue weighted by atomic mass is 16.5.